The molecule has 0 saturated carbocycles. The molecular weight excluding hydrogens is 748 g/mol. The molecule has 0 aliphatic carbocycles. The zero-order valence-corrected chi connectivity index (χ0v) is 30.3. The molecule has 0 bridgehead atoms. The van der Waals surface area contributed by atoms with Gasteiger partial charge in [0.15, 0.2) is 28.2 Å². The zero-order chi connectivity index (χ0) is 39.2. The van der Waals surface area contributed by atoms with Gasteiger partial charge >= 0.3 is 6.16 Å². The van der Waals surface area contributed by atoms with Gasteiger partial charge in [0.1, 0.15) is 32.1 Å². The molecule has 5 rings (SSSR count). The number of hydrogen-bond donors (Lipinski definition) is 2. The molecule has 0 atom stereocenters. The van der Waals surface area contributed by atoms with Crippen LogP contribution in [0, 0.1) is 10.1 Å². The van der Waals surface area contributed by atoms with Gasteiger partial charge in [0.25, 0.3) is 21.0 Å². The van der Waals surface area contributed by atoms with Gasteiger partial charge in [0.2, 0.25) is 11.6 Å². The second kappa shape index (κ2) is 18.8. The van der Waals surface area contributed by atoms with Crippen molar-refractivity contribution in [2.45, 2.75) is 24.8 Å². The number of benzene rings is 1. The highest BCUT2D eigenvalue weighted by Gasteiger charge is 2.27. The zero-order valence-electron chi connectivity index (χ0n) is 29.5. The molecule has 0 fully saturated rings. The number of sulfonamides is 1. The molecule has 0 aliphatic heterocycles. The molecule has 0 saturated heterocycles. The topological polar surface area (TPSA) is 277 Å². The SMILES string of the molecule is COc1ccccc1Oc1c(NS(=O)(=O)c2ccc(C(C)C)cn2)nc(-c2ccnc(-c3nn[nH]n3)c2)nc1OCCOC(=O)OCCOCCO[N+](=O)[O-]. The van der Waals surface area contributed by atoms with E-state index in [0.29, 0.717) is 11.3 Å². The number of para-hydroxylation sites is 2. The Morgan fingerprint density at radius 2 is 1.71 bits per heavy atom. The lowest BCUT2D eigenvalue weighted by molar-refractivity contribution is -0.758. The van der Waals surface area contributed by atoms with Crippen molar-refractivity contribution in [3.8, 4) is 46.0 Å². The Labute approximate surface area is 312 Å². The van der Waals surface area contributed by atoms with E-state index in [2.05, 4.69) is 50.1 Å². The van der Waals surface area contributed by atoms with Crippen LogP contribution in [0.1, 0.15) is 25.3 Å². The molecule has 290 valence electrons. The van der Waals surface area contributed by atoms with Crippen molar-refractivity contribution in [2.75, 3.05) is 51.5 Å². The maximum Gasteiger partial charge on any atom is 0.508 e. The lowest BCUT2D eigenvalue weighted by atomic mass is 10.1. The molecule has 1 aromatic carbocycles. The lowest BCUT2D eigenvalue weighted by Gasteiger charge is -2.18. The van der Waals surface area contributed by atoms with E-state index in [1.54, 1.807) is 42.5 Å². The first-order valence-electron chi connectivity index (χ1n) is 16.2. The highest BCUT2D eigenvalue weighted by Crippen LogP contribution is 2.41. The lowest BCUT2D eigenvalue weighted by Crippen LogP contribution is -2.19. The molecule has 0 spiro atoms. The summed E-state index contributed by atoms with van der Waals surface area (Å²) < 4.78 is 62.7. The molecule has 23 heteroatoms. The van der Waals surface area contributed by atoms with E-state index in [4.69, 9.17) is 28.4 Å². The minimum Gasteiger partial charge on any atom is -0.493 e. The summed E-state index contributed by atoms with van der Waals surface area (Å²) in [5.41, 5.74) is 1.47. The smallest absolute Gasteiger partial charge is 0.493 e. The molecule has 0 aliphatic rings. The third-order valence-electron chi connectivity index (χ3n) is 7.05. The fourth-order valence-electron chi connectivity index (χ4n) is 4.43. The minimum absolute atomic E-state index is 0.0423. The largest absolute Gasteiger partial charge is 0.508 e. The molecular formula is C32H34N10O12S. The molecule has 0 amide bonds. The fraction of sp³-hybridized carbons (Fsp3) is 0.312. The number of hydrogen-bond acceptors (Lipinski definition) is 19. The maximum atomic E-state index is 13.8. The minimum atomic E-state index is -4.40. The summed E-state index contributed by atoms with van der Waals surface area (Å²) in [5.74, 6) is -0.208. The number of anilines is 1. The van der Waals surface area contributed by atoms with Crippen molar-refractivity contribution in [3.63, 3.8) is 0 Å². The molecule has 0 unspecified atom stereocenters. The first kappa shape index (κ1) is 39.5. The van der Waals surface area contributed by atoms with Gasteiger partial charge in [-0.2, -0.15) is 18.6 Å². The third kappa shape index (κ3) is 11.1. The predicted octanol–water partition coefficient (Wildman–Crippen LogP) is 3.60. The molecule has 5 aromatic rings. The Kier molecular flexibility index (Phi) is 13.5. The number of tetrazole rings is 1. The van der Waals surface area contributed by atoms with Crippen molar-refractivity contribution >= 4 is 22.0 Å². The number of H-pyrrole nitrogens is 1. The number of carbonyl (C=O) groups excluding carboxylic acids is 1. The number of rotatable bonds is 20. The molecule has 22 nitrogen and oxygen atoms in total. The van der Waals surface area contributed by atoms with E-state index in [1.807, 2.05) is 13.8 Å². The molecule has 4 aromatic heterocycles. The van der Waals surface area contributed by atoms with Crippen LogP contribution < -0.4 is 18.9 Å². The Bertz CT molecular complexity index is 2160. The normalized spacial score (nSPS) is 11.1. The molecule has 0 radical (unpaired) electrons. The Morgan fingerprint density at radius 3 is 2.40 bits per heavy atom. The third-order valence-corrected chi connectivity index (χ3v) is 8.31. The number of aromatic amines is 1. The summed E-state index contributed by atoms with van der Waals surface area (Å²) in [6.07, 6.45) is 1.85. The van der Waals surface area contributed by atoms with Crippen LogP contribution in [0.4, 0.5) is 10.6 Å². The van der Waals surface area contributed by atoms with E-state index in [9.17, 15) is 23.3 Å². The van der Waals surface area contributed by atoms with Crippen molar-refractivity contribution in [1.82, 2.24) is 40.6 Å². The van der Waals surface area contributed by atoms with Crippen LogP contribution in [0.25, 0.3) is 22.9 Å². The van der Waals surface area contributed by atoms with E-state index < -0.39 is 21.3 Å². The van der Waals surface area contributed by atoms with Gasteiger partial charge in [-0.3, -0.25) is 9.71 Å². The van der Waals surface area contributed by atoms with Crippen LogP contribution in [-0.4, -0.2) is 107 Å². The fourth-order valence-corrected chi connectivity index (χ4v) is 5.36. The van der Waals surface area contributed by atoms with E-state index >= 15 is 0 Å². The maximum absolute atomic E-state index is 13.8. The number of nitrogens with one attached hydrogen (secondary N) is 2. The Morgan fingerprint density at radius 1 is 0.945 bits per heavy atom. The summed E-state index contributed by atoms with van der Waals surface area (Å²) in [4.78, 5) is 43.9. The standard InChI is InChI=1S/C32H34N10O12S/c1-20(2)22-8-9-26(34-19-22)55(46,47)39-30-27(54-25-7-5-4-6-24(25)48-3)31(50-15-16-52-32(43)51-14-12-49-13-17-53-42(44)45)36-28(35-30)21-10-11-33-23(18-21)29-37-40-41-38-29/h4-11,18-20H,12-17H2,1-3H3,(H,35,36,39)(H,37,38,40,41). The summed E-state index contributed by atoms with van der Waals surface area (Å²) in [7, 11) is -2.97. The first-order valence-corrected chi connectivity index (χ1v) is 17.7. The Hall–Kier alpha value is -6.75. The van der Waals surface area contributed by atoms with Gasteiger partial charge in [-0.05, 0) is 47.0 Å². The summed E-state index contributed by atoms with van der Waals surface area (Å²) in [6.45, 7) is 2.57. The van der Waals surface area contributed by atoms with Crippen LogP contribution in [0.15, 0.2) is 66.0 Å². The van der Waals surface area contributed by atoms with E-state index in [1.165, 1.54) is 25.6 Å². The van der Waals surface area contributed by atoms with Gasteiger partial charge in [-0.15, -0.1) is 20.3 Å². The average Bonchev–Trinajstić information content (AvgIpc) is 3.73. The summed E-state index contributed by atoms with van der Waals surface area (Å²) in [5, 5.41) is 22.7. The second-order valence-corrected chi connectivity index (χ2v) is 12.7. The Balaban J connectivity index is 1.45. The van der Waals surface area contributed by atoms with E-state index in [-0.39, 0.29) is 91.2 Å². The number of methoxy groups -OCH3 is 1. The van der Waals surface area contributed by atoms with Crippen molar-refractivity contribution in [1.29, 1.82) is 0 Å². The first-order chi connectivity index (χ1) is 26.5. The number of ether oxygens (including phenoxy) is 6. The van der Waals surface area contributed by atoms with Crippen molar-refractivity contribution < 1.29 is 51.6 Å². The highest BCUT2D eigenvalue weighted by molar-refractivity contribution is 7.92. The van der Waals surface area contributed by atoms with Gasteiger partial charge < -0.3 is 33.3 Å². The summed E-state index contributed by atoms with van der Waals surface area (Å²) in [6, 6.07) is 12.7. The average molecular weight is 783 g/mol. The van der Waals surface area contributed by atoms with E-state index in [0.717, 1.165) is 5.56 Å². The van der Waals surface area contributed by atoms with Crippen LogP contribution in [0.5, 0.6) is 23.1 Å². The van der Waals surface area contributed by atoms with Crippen LogP contribution >= 0.6 is 0 Å². The summed E-state index contributed by atoms with van der Waals surface area (Å²) >= 11 is 0. The van der Waals surface area contributed by atoms with Gasteiger partial charge in [-0.25, -0.2) is 14.8 Å². The van der Waals surface area contributed by atoms with Crippen molar-refractivity contribution in [3.05, 3.63) is 76.6 Å². The molecule has 2 N–H and O–H groups in total. The quantitative estimate of drug-likeness (QED) is 0.0494. The number of pyridine rings is 2. The molecule has 4 heterocycles. The number of aromatic nitrogens is 8. The monoisotopic (exact) mass is 782 g/mol. The van der Waals surface area contributed by atoms with Crippen LogP contribution in [0.3, 0.4) is 0 Å². The number of nitrogens with zero attached hydrogens (tertiary/aromatic N) is 8. The van der Waals surface area contributed by atoms with Crippen molar-refractivity contribution in [2.24, 2.45) is 0 Å². The predicted molar refractivity (Wildman–Crippen MR) is 187 cm³/mol. The highest BCUT2D eigenvalue weighted by atomic mass is 32.2. The van der Waals surface area contributed by atoms with Crippen LogP contribution in [-0.2, 0) is 29.1 Å². The number of carbonyl (C=O) groups is 1. The second-order valence-electron chi connectivity index (χ2n) is 11.1. The van der Waals surface area contributed by atoms with Gasteiger partial charge in [0, 0.05) is 18.0 Å². The van der Waals surface area contributed by atoms with Gasteiger partial charge in [0.05, 0.1) is 20.3 Å². The van der Waals surface area contributed by atoms with Gasteiger partial charge in [-0.1, -0.05) is 32.0 Å². The molecule has 55 heavy (non-hydrogen) atoms. The van der Waals surface area contributed by atoms with Crippen LogP contribution in [0.2, 0.25) is 0 Å².